The summed E-state index contributed by atoms with van der Waals surface area (Å²) in [5, 5.41) is 2.82. The van der Waals surface area contributed by atoms with Crippen LogP contribution in [0.4, 0.5) is 0 Å². The van der Waals surface area contributed by atoms with Crippen LogP contribution < -0.4 is 5.32 Å². The number of aryl methyl sites for hydroxylation is 1. The number of benzene rings is 1. The highest BCUT2D eigenvalue weighted by Crippen LogP contribution is 2.20. The molecular weight excluding hydrogens is 304 g/mol. The van der Waals surface area contributed by atoms with Crippen molar-refractivity contribution in [3.8, 4) is 11.3 Å². The van der Waals surface area contributed by atoms with Crippen LogP contribution in [0.5, 0.6) is 0 Å². The first-order valence-electron chi connectivity index (χ1n) is 8.09. The SMILES string of the molecule is Cc1nc(-c2ccccc2)ccc1C(=O)OC(C)C(=O)NC1CC1. The Bertz CT molecular complexity index is 754. The minimum atomic E-state index is -0.814. The second kappa shape index (κ2) is 6.83. The number of carbonyl (C=O) groups is 2. The quantitative estimate of drug-likeness (QED) is 0.859. The van der Waals surface area contributed by atoms with Crippen molar-refractivity contribution in [2.75, 3.05) is 0 Å². The van der Waals surface area contributed by atoms with E-state index in [1.807, 2.05) is 30.3 Å². The molecule has 1 aliphatic rings. The molecule has 1 aromatic heterocycles. The van der Waals surface area contributed by atoms with Crippen LogP contribution in [-0.4, -0.2) is 29.0 Å². The fourth-order valence-corrected chi connectivity index (χ4v) is 2.37. The van der Waals surface area contributed by atoms with Gasteiger partial charge in [-0.15, -0.1) is 0 Å². The lowest BCUT2D eigenvalue weighted by molar-refractivity contribution is -0.129. The number of hydrogen-bond acceptors (Lipinski definition) is 4. The minimum Gasteiger partial charge on any atom is -0.449 e. The number of nitrogens with one attached hydrogen (secondary N) is 1. The predicted octanol–water partition coefficient (Wildman–Crippen LogP) is 2.88. The van der Waals surface area contributed by atoms with Crippen molar-refractivity contribution in [1.82, 2.24) is 10.3 Å². The van der Waals surface area contributed by atoms with Gasteiger partial charge in [-0.3, -0.25) is 9.78 Å². The van der Waals surface area contributed by atoms with Gasteiger partial charge in [0.2, 0.25) is 0 Å². The summed E-state index contributed by atoms with van der Waals surface area (Å²) in [4.78, 5) is 28.6. The van der Waals surface area contributed by atoms with Crippen molar-refractivity contribution in [1.29, 1.82) is 0 Å². The van der Waals surface area contributed by atoms with Gasteiger partial charge in [0.15, 0.2) is 6.10 Å². The van der Waals surface area contributed by atoms with E-state index >= 15 is 0 Å². The van der Waals surface area contributed by atoms with E-state index in [0.29, 0.717) is 11.3 Å². The second-order valence-corrected chi connectivity index (χ2v) is 6.03. The maximum Gasteiger partial charge on any atom is 0.340 e. The standard InChI is InChI=1S/C19H20N2O3/c1-12-16(10-11-17(20-12)14-6-4-3-5-7-14)19(23)24-13(2)18(22)21-15-8-9-15/h3-7,10-11,13,15H,8-9H2,1-2H3,(H,21,22). The van der Waals surface area contributed by atoms with Crippen molar-refractivity contribution < 1.29 is 14.3 Å². The van der Waals surface area contributed by atoms with Crippen molar-refractivity contribution in [3.63, 3.8) is 0 Å². The van der Waals surface area contributed by atoms with Crippen LogP contribution >= 0.6 is 0 Å². The Labute approximate surface area is 141 Å². The summed E-state index contributed by atoms with van der Waals surface area (Å²) in [7, 11) is 0. The summed E-state index contributed by atoms with van der Waals surface area (Å²) >= 11 is 0. The molecule has 1 aliphatic carbocycles. The molecule has 0 radical (unpaired) electrons. The zero-order valence-electron chi connectivity index (χ0n) is 13.8. The largest absolute Gasteiger partial charge is 0.449 e. The van der Waals surface area contributed by atoms with Crippen molar-refractivity contribution >= 4 is 11.9 Å². The smallest absolute Gasteiger partial charge is 0.340 e. The normalized spacial score (nSPS) is 14.8. The van der Waals surface area contributed by atoms with E-state index < -0.39 is 12.1 Å². The van der Waals surface area contributed by atoms with E-state index in [4.69, 9.17) is 4.74 Å². The van der Waals surface area contributed by atoms with Gasteiger partial charge in [0.1, 0.15) is 0 Å². The average molecular weight is 324 g/mol. The molecule has 0 bridgehead atoms. The lowest BCUT2D eigenvalue weighted by atomic mass is 10.1. The highest BCUT2D eigenvalue weighted by atomic mass is 16.5. The first-order chi connectivity index (χ1) is 11.5. The maximum atomic E-state index is 12.3. The Hall–Kier alpha value is -2.69. The Kier molecular flexibility index (Phi) is 4.60. The molecule has 1 heterocycles. The first-order valence-corrected chi connectivity index (χ1v) is 8.09. The molecule has 24 heavy (non-hydrogen) atoms. The molecule has 1 aromatic carbocycles. The molecule has 3 rings (SSSR count). The van der Waals surface area contributed by atoms with Crippen LogP contribution in [0.25, 0.3) is 11.3 Å². The van der Waals surface area contributed by atoms with E-state index in [1.54, 1.807) is 26.0 Å². The van der Waals surface area contributed by atoms with Gasteiger partial charge in [-0.05, 0) is 38.8 Å². The number of rotatable bonds is 5. The molecule has 5 heteroatoms. The van der Waals surface area contributed by atoms with Gasteiger partial charge >= 0.3 is 5.97 Å². The monoisotopic (exact) mass is 324 g/mol. The van der Waals surface area contributed by atoms with Crippen LogP contribution in [0.15, 0.2) is 42.5 Å². The van der Waals surface area contributed by atoms with Gasteiger partial charge < -0.3 is 10.1 Å². The van der Waals surface area contributed by atoms with Crippen LogP contribution in [0.1, 0.15) is 35.8 Å². The zero-order valence-corrected chi connectivity index (χ0v) is 13.8. The molecule has 0 saturated heterocycles. The molecule has 1 amide bonds. The number of esters is 1. The molecular formula is C19H20N2O3. The molecule has 5 nitrogen and oxygen atoms in total. The lowest BCUT2D eigenvalue weighted by Crippen LogP contribution is -2.37. The molecule has 0 spiro atoms. The Balaban J connectivity index is 1.69. The van der Waals surface area contributed by atoms with Crippen LogP contribution in [0, 0.1) is 6.92 Å². The third-order valence-electron chi connectivity index (χ3n) is 3.95. The summed E-state index contributed by atoms with van der Waals surface area (Å²) in [5.41, 5.74) is 2.73. The van der Waals surface area contributed by atoms with E-state index in [0.717, 1.165) is 24.1 Å². The number of nitrogens with zero attached hydrogens (tertiary/aromatic N) is 1. The van der Waals surface area contributed by atoms with Crippen molar-refractivity contribution in [2.24, 2.45) is 0 Å². The molecule has 1 fully saturated rings. The van der Waals surface area contributed by atoms with Gasteiger partial charge in [-0.2, -0.15) is 0 Å². The van der Waals surface area contributed by atoms with Crippen LogP contribution in [0.2, 0.25) is 0 Å². The van der Waals surface area contributed by atoms with Crippen LogP contribution in [0.3, 0.4) is 0 Å². The Morgan fingerprint density at radius 2 is 1.88 bits per heavy atom. The summed E-state index contributed by atoms with van der Waals surface area (Å²) in [6.45, 7) is 3.34. The summed E-state index contributed by atoms with van der Waals surface area (Å²) in [6, 6.07) is 13.5. The van der Waals surface area contributed by atoms with E-state index in [9.17, 15) is 9.59 Å². The number of pyridine rings is 1. The molecule has 124 valence electrons. The molecule has 0 aliphatic heterocycles. The first kappa shape index (κ1) is 16.2. The van der Waals surface area contributed by atoms with Gasteiger partial charge in [0.25, 0.3) is 5.91 Å². The molecule has 1 atom stereocenters. The van der Waals surface area contributed by atoms with E-state index in [-0.39, 0.29) is 11.9 Å². The number of ether oxygens (including phenoxy) is 1. The van der Waals surface area contributed by atoms with E-state index in [1.165, 1.54) is 0 Å². The average Bonchev–Trinajstić information content (AvgIpc) is 3.39. The highest BCUT2D eigenvalue weighted by molar-refractivity contribution is 5.93. The Morgan fingerprint density at radius 3 is 2.50 bits per heavy atom. The second-order valence-electron chi connectivity index (χ2n) is 6.03. The fourth-order valence-electron chi connectivity index (χ4n) is 2.37. The molecule has 1 N–H and O–H groups in total. The van der Waals surface area contributed by atoms with Crippen molar-refractivity contribution in [2.45, 2.75) is 38.8 Å². The molecule has 2 aromatic rings. The zero-order chi connectivity index (χ0) is 17.1. The summed E-state index contributed by atoms with van der Waals surface area (Å²) in [5.74, 6) is -0.782. The number of carbonyl (C=O) groups excluding carboxylic acids is 2. The summed E-state index contributed by atoms with van der Waals surface area (Å²) < 4.78 is 5.26. The van der Waals surface area contributed by atoms with Gasteiger partial charge in [0, 0.05) is 11.6 Å². The summed E-state index contributed by atoms with van der Waals surface area (Å²) in [6.07, 6.45) is 1.18. The maximum absolute atomic E-state index is 12.3. The van der Waals surface area contributed by atoms with Gasteiger partial charge in [-0.25, -0.2) is 4.79 Å². The third kappa shape index (κ3) is 3.79. The fraction of sp³-hybridized carbons (Fsp3) is 0.316. The lowest BCUT2D eigenvalue weighted by Gasteiger charge is -2.14. The van der Waals surface area contributed by atoms with Gasteiger partial charge in [-0.1, -0.05) is 30.3 Å². The Morgan fingerprint density at radius 1 is 1.17 bits per heavy atom. The predicted molar refractivity (Wildman–Crippen MR) is 90.5 cm³/mol. The van der Waals surface area contributed by atoms with E-state index in [2.05, 4.69) is 10.3 Å². The molecule has 1 unspecified atom stereocenters. The molecule has 1 saturated carbocycles. The number of aromatic nitrogens is 1. The van der Waals surface area contributed by atoms with Crippen molar-refractivity contribution in [3.05, 3.63) is 53.7 Å². The van der Waals surface area contributed by atoms with Gasteiger partial charge in [0.05, 0.1) is 17.0 Å². The van der Waals surface area contributed by atoms with Crippen LogP contribution in [-0.2, 0) is 9.53 Å². The number of hydrogen-bond donors (Lipinski definition) is 1. The number of amides is 1. The topological polar surface area (TPSA) is 68.3 Å². The third-order valence-corrected chi connectivity index (χ3v) is 3.95. The minimum absolute atomic E-state index is 0.243. The highest BCUT2D eigenvalue weighted by Gasteiger charge is 2.27.